The predicted octanol–water partition coefficient (Wildman–Crippen LogP) is 0.387. The van der Waals surface area contributed by atoms with E-state index in [0.29, 0.717) is 6.04 Å². The van der Waals surface area contributed by atoms with Crippen LogP contribution in [0.4, 0.5) is 0 Å². The maximum atomic E-state index is 12.7. The van der Waals surface area contributed by atoms with Gasteiger partial charge < -0.3 is 10.2 Å². The van der Waals surface area contributed by atoms with Crippen molar-refractivity contribution in [1.82, 2.24) is 29.9 Å². The molecule has 2 aliphatic heterocycles. The van der Waals surface area contributed by atoms with Gasteiger partial charge in [-0.05, 0) is 30.7 Å². The van der Waals surface area contributed by atoms with Crippen LogP contribution in [0.15, 0.2) is 36.9 Å². The Bertz CT molecular complexity index is 678. The monoisotopic (exact) mass is 326 g/mol. The molecule has 0 aliphatic carbocycles. The molecule has 7 heteroatoms. The van der Waals surface area contributed by atoms with E-state index < -0.39 is 0 Å². The van der Waals surface area contributed by atoms with E-state index in [1.165, 1.54) is 6.33 Å². The minimum atomic E-state index is 0.123. The van der Waals surface area contributed by atoms with Gasteiger partial charge in [-0.25, -0.2) is 9.67 Å². The van der Waals surface area contributed by atoms with Crippen LogP contribution in [-0.4, -0.2) is 75.8 Å². The van der Waals surface area contributed by atoms with Gasteiger partial charge in [-0.1, -0.05) is 0 Å². The summed E-state index contributed by atoms with van der Waals surface area (Å²) < 4.78 is 1.69. The van der Waals surface area contributed by atoms with Crippen LogP contribution in [0.25, 0.3) is 5.69 Å². The third-order valence-electron chi connectivity index (χ3n) is 4.92. The van der Waals surface area contributed by atoms with Gasteiger partial charge in [0, 0.05) is 50.9 Å². The molecule has 1 unspecified atom stereocenters. The van der Waals surface area contributed by atoms with Gasteiger partial charge in [-0.2, -0.15) is 5.10 Å². The normalized spacial score (nSPS) is 22.0. The zero-order valence-electron chi connectivity index (χ0n) is 13.6. The summed E-state index contributed by atoms with van der Waals surface area (Å²) in [6.45, 7) is 5.95. The Kier molecular flexibility index (Phi) is 4.27. The van der Waals surface area contributed by atoms with Gasteiger partial charge in [0.15, 0.2) is 0 Å². The van der Waals surface area contributed by atoms with Crippen molar-refractivity contribution in [1.29, 1.82) is 0 Å². The number of likely N-dealkylation sites (tertiary alicyclic amines) is 1. The number of carbonyl (C=O) groups excluding carboxylic acids is 1. The van der Waals surface area contributed by atoms with E-state index in [9.17, 15) is 4.79 Å². The minimum absolute atomic E-state index is 0.123. The standard InChI is InChI=1S/C17H22N6O/c24-17(14-1-3-15(4-2-14)23-13-19-12-20-23)22-8-5-16(11-22)21-9-6-18-7-10-21/h1-4,12-13,16,18H,5-11H2. The Hall–Kier alpha value is -2.25. The molecule has 0 radical (unpaired) electrons. The zero-order chi connectivity index (χ0) is 16.4. The molecule has 0 spiro atoms. The van der Waals surface area contributed by atoms with Crippen molar-refractivity contribution in [2.75, 3.05) is 39.3 Å². The number of amides is 1. The lowest BCUT2D eigenvalue weighted by atomic mass is 10.2. The number of benzene rings is 1. The second-order valence-corrected chi connectivity index (χ2v) is 6.37. The van der Waals surface area contributed by atoms with Crippen molar-refractivity contribution >= 4 is 5.91 Å². The molecule has 1 atom stereocenters. The van der Waals surface area contributed by atoms with Gasteiger partial charge in [0.2, 0.25) is 0 Å². The van der Waals surface area contributed by atoms with Crippen molar-refractivity contribution in [2.24, 2.45) is 0 Å². The molecular weight excluding hydrogens is 304 g/mol. The average molecular weight is 326 g/mol. The summed E-state index contributed by atoms with van der Waals surface area (Å²) in [6.07, 6.45) is 4.22. The van der Waals surface area contributed by atoms with E-state index in [4.69, 9.17) is 0 Å². The Morgan fingerprint density at radius 1 is 1.12 bits per heavy atom. The number of hydrogen-bond acceptors (Lipinski definition) is 5. The molecule has 0 saturated carbocycles. The lowest BCUT2D eigenvalue weighted by Crippen LogP contribution is -2.49. The fraction of sp³-hybridized carbons (Fsp3) is 0.471. The van der Waals surface area contributed by atoms with Crippen molar-refractivity contribution in [3.05, 3.63) is 42.5 Å². The van der Waals surface area contributed by atoms with Gasteiger partial charge in [-0.15, -0.1) is 0 Å². The van der Waals surface area contributed by atoms with Crippen LogP contribution in [0.2, 0.25) is 0 Å². The van der Waals surface area contributed by atoms with E-state index in [2.05, 4.69) is 20.3 Å². The number of nitrogens with one attached hydrogen (secondary N) is 1. The molecule has 3 heterocycles. The van der Waals surface area contributed by atoms with Crippen LogP contribution in [0.1, 0.15) is 16.8 Å². The van der Waals surface area contributed by atoms with E-state index in [-0.39, 0.29) is 5.91 Å². The molecular formula is C17H22N6O. The molecule has 2 aromatic rings. The Morgan fingerprint density at radius 3 is 2.62 bits per heavy atom. The van der Waals surface area contributed by atoms with Gasteiger partial charge in [0.1, 0.15) is 12.7 Å². The smallest absolute Gasteiger partial charge is 0.253 e. The van der Waals surface area contributed by atoms with Crippen molar-refractivity contribution < 1.29 is 4.79 Å². The Balaban J connectivity index is 1.40. The highest BCUT2D eigenvalue weighted by Gasteiger charge is 2.31. The summed E-state index contributed by atoms with van der Waals surface area (Å²) in [5, 5.41) is 7.48. The molecule has 2 fully saturated rings. The highest BCUT2D eigenvalue weighted by Crippen LogP contribution is 2.19. The van der Waals surface area contributed by atoms with Crippen LogP contribution in [0, 0.1) is 0 Å². The second-order valence-electron chi connectivity index (χ2n) is 6.37. The number of rotatable bonds is 3. The second kappa shape index (κ2) is 6.70. The molecule has 2 aliphatic rings. The highest BCUT2D eigenvalue weighted by molar-refractivity contribution is 5.94. The Labute approximate surface area is 141 Å². The third-order valence-corrected chi connectivity index (χ3v) is 4.92. The van der Waals surface area contributed by atoms with Gasteiger partial charge in [0.05, 0.1) is 5.69 Å². The average Bonchev–Trinajstić information content (AvgIpc) is 3.34. The first-order chi connectivity index (χ1) is 11.8. The fourth-order valence-corrected chi connectivity index (χ4v) is 3.55. The minimum Gasteiger partial charge on any atom is -0.337 e. The van der Waals surface area contributed by atoms with Crippen molar-refractivity contribution in [2.45, 2.75) is 12.5 Å². The summed E-state index contributed by atoms with van der Waals surface area (Å²) in [4.78, 5) is 21.2. The summed E-state index contributed by atoms with van der Waals surface area (Å²) in [6, 6.07) is 8.07. The first-order valence-corrected chi connectivity index (χ1v) is 8.50. The van der Waals surface area contributed by atoms with E-state index in [1.54, 1.807) is 11.0 Å². The molecule has 1 amide bonds. The molecule has 4 rings (SSSR count). The van der Waals surface area contributed by atoms with Gasteiger partial charge >= 0.3 is 0 Å². The van der Waals surface area contributed by atoms with Crippen LogP contribution in [0.3, 0.4) is 0 Å². The summed E-state index contributed by atoms with van der Waals surface area (Å²) in [5.74, 6) is 0.123. The fourth-order valence-electron chi connectivity index (χ4n) is 3.55. The molecule has 2 saturated heterocycles. The number of aromatic nitrogens is 3. The molecule has 126 valence electrons. The van der Waals surface area contributed by atoms with Gasteiger partial charge in [0.25, 0.3) is 5.91 Å². The van der Waals surface area contributed by atoms with Gasteiger partial charge in [-0.3, -0.25) is 9.69 Å². The van der Waals surface area contributed by atoms with E-state index in [0.717, 1.165) is 56.9 Å². The van der Waals surface area contributed by atoms with E-state index in [1.807, 2.05) is 29.2 Å². The molecule has 0 bridgehead atoms. The maximum absolute atomic E-state index is 12.7. The first-order valence-electron chi connectivity index (χ1n) is 8.50. The number of hydrogen-bond donors (Lipinski definition) is 1. The molecule has 1 N–H and O–H groups in total. The third kappa shape index (κ3) is 3.05. The summed E-state index contributed by atoms with van der Waals surface area (Å²) in [7, 11) is 0. The molecule has 24 heavy (non-hydrogen) atoms. The quantitative estimate of drug-likeness (QED) is 0.884. The topological polar surface area (TPSA) is 66.3 Å². The largest absolute Gasteiger partial charge is 0.337 e. The predicted molar refractivity (Wildman–Crippen MR) is 90.1 cm³/mol. The highest BCUT2D eigenvalue weighted by atomic mass is 16.2. The molecule has 1 aromatic heterocycles. The summed E-state index contributed by atoms with van der Waals surface area (Å²) in [5.41, 5.74) is 1.64. The first kappa shape index (κ1) is 15.3. The number of nitrogens with zero attached hydrogens (tertiary/aromatic N) is 5. The van der Waals surface area contributed by atoms with Crippen LogP contribution in [-0.2, 0) is 0 Å². The van der Waals surface area contributed by atoms with Crippen molar-refractivity contribution in [3.63, 3.8) is 0 Å². The van der Waals surface area contributed by atoms with Crippen LogP contribution in [0.5, 0.6) is 0 Å². The number of carbonyl (C=O) groups is 1. The lowest BCUT2D eigenvalue weighted by molar-refractivity contribution is 0.0773. The lowest BCUT2D eigenvalue weighted by Gasteiger charge is -2.32. The Morgan fingerprint density at radius 2 is 1.92 bits per heavy atom. The molecule has 7 nitrogen and oxygen atoms in total. The number of piperazine rings is 1. The SMILES string of the molecule is O=C(c1ccc(-n2cncn2)cc1)N1CCC(N2CCNCC2)C1. The van der Waals surface area contributed by atoms with Crippen LogP contribution < -0.4 is 5.32 Å². The maximum Gasteiger partial charge on any atom is 0.253 e. The summed E-state index contributed by atoms with van der Waals surface area (Å²) >= 11 is 0. The van der Waals surface area contributed by atoms with Crippen LogP contribution >= 0.6 is 0 Å². The zero-order valence-corrected chi connectivity index (χ0v) is 13.6. The van der Waals surface area contributed by atoms with E-state index >= 15 is 0 Å². The molecule has 1 aromatic carbocycles. The van der Waals surface area contributed by atoms with Crippen molar-refractivity contribution in [3.8, 4) is 5.69 Å².